The van der Waals surface area contributed by atoms with Gasteiger partial charge in [0.2, 0.25) is 5.43 Å². The summed E-state index contributed by atoms with van der Waals surface area (Å²) in [6.45, 7) is 1.47. The van der Waals surface area contributed by atoms with Crippen molar-refractivity contribution in [2.45, 2.75) is 25.2 Å². The van der Waals surface area contributed by atoms with Crippen molar-refractivity contribution >= 4 is 23.0 Å². The standard InChI is InChI=1S/C21H15F3N2O5/c1-2-31-19(28)12-9-26(15-4-3-10(22)7-13(15)23)18-11(16(12)27)8-14(24)17(25-18)21(5-6-21)20(29)30/h3-4,7-9H,2,5-6H2,1H3,(H,29,30). The van der Waals surface area contributed by atoms with Gasteiger partial charge in [-0.3, -0.25) is 14.2 Å². The minimum absolute atomic E-state index is 0.0477. The Labute approximate surface area is 172 Å². The van der Waals surface area contributed by atoms with E-state index in [9.17, 15) is 32.7 Å². The van der Waals surface area contributed by atoms with Gasteiger partial charge >= 0.3 is 11.9 Å². The first kappa shape index (κ1) is 20.6. The molecule has 0 spiro atoms. The fourth-order valence-electron chi connectivity index (χ4n) is 3.45. The Kier molecular flexibility index (Phi) is 4.79. The third-order valence-electron chi connectivity index (χ3n) is 5.21. The Morgan fingerprint density at radius 3 is 2.48 bits per heavy atom. The van der Waals surface area contributed by atoms with E-state index in [1.54, 1.807) is 0 Å². The molecule has 31 heavy (non-hydrogen) atoms. The summed E-state index contributed by atoms with van der Waals surface area (Å²) < 4.78 is 48.6. The lowest BCUT2D eigenvalue weighted by atomic mass is 10.0. The van der Waals surface area contributed by atoms with Crippen LogP contribution in [0.5, 0.6) is 0 Å². The van der Waals surface area contributed by atoms with Crippen LogP contribution in [0, 0.1) is 17.5 Å². The summed E-state index contributed by atoms with van der Waals surface area (Å²) in [5, 5.41) is 9.13. The molecule has 0 saturated heterocycles. The molecule has 1 aromatic carbocycles. The second kappa shape index (κ2) is 7.22. The molecule has 2 heterocycles. The number of pyridine rings is 2. The second-order valence-electron chi connectivity index (χ2n) is 7.14. The quantitative estimate of drug-likeness (QED) is 0.623. The van der Waals surface area contributed by atoms with Gasteiger partial charge in [-0.1, -0.05) is 0 Å². The van der Waals surface area contributed by atoms with Crippen LogP contribution in [-0.2, 0) is 14.9 Å². The normalized spacial score (nSPS) is 14.5. The number of hydrogen-bond acceptors (Lipinski definition) is 5. The van der Waals surface area contributed by atoms with E-state index in [1.807, 2.05) is 0 Å². The lowest BCUT2D eigenvalue weighted by Gasteiger charge is -2.16. The lowest BCUT2D eigenvalue weighted by Crippen LogP contribution is -2.25. The van der Waals surface area contributed by atoms with Crippen molar-refractivity contribution in [3.8, 4) is 5.69 Å². The summed E-state index contributed by atoms with van der Waals surface area (Å²) in [5.41, 5.74) is -3.90. The maximum absolute atomic E-state index is 14.8. The summed E-state index contributed by atoms with van der Waals surface area (Å²) in [6, 6.07) is 3.38. The minimum Gasteiger partial charge on any atom is -0.481 e. The number of aliphatic carboxylic acids is 1. The zero-order valence-corrected chi connectivity index (χ0v) is 16.1. The van der Waals surface area contributed by atoms with Crippen LogP contribution >= 0.6 is 0 Å². The smallest absolute Gasteiger partial charge is 0.343 e. The van der Waals surface area contributed by atoms with Crippen molar-refractivity contribution in [1.29, 1.82) is 0 Å². The average molecular weight is 432 g/mol. The van der Waals surface area contributed by atoms with Crippen LogP contribution in [0.4, 0.5) is 13.2 Å². The van der Waals surface area contributed by atoms with E-state index in [-0.39, 0.29) is 36.2 Å². The summed E-state index contributed by atoms with van der Waals surface area (Å²) >= 11 is 0. The molecule has 0 aliphatic heterocycles. The summed E-state index contributed by atoms with van der Waals surface area (Å²) in [5.74, 6) is -5.22. The number of benzene rings is 1. The first-order valence-electron chi connectivity index (χ1n) is 9.32. The van der Waals surface area contributed by atoms with Crippen LogP contribution in [0.1, 0.15) is 35.8 Å². The van der Waals surface area contributed by atoms with Crippen LogP contribution in [0.15, 0.2) is 35.3 Å². The number of carbonyl (C=O) groups is 2. The van der Waals surface area contributed by atoms with Crippen molar-refractivity contribution < 1.29 is 32.6 Å². The molecule has 160 valence electrons. The lowest BCUT2D eigenvalue weighted by molar-refractivity contribution is -0.140. The van der Waals surface area contributed by atoms with Crippen molar-refractivity contribution in [2.24, 2.45) is 0 Å². The molecule has 2 aromatic heterocycles. The number of halogens is 3. The summed E-state index contributed by atoms with van der Waals surface area (Å²) in [4.78, 5) is 40.8. The third-order valence-corrected chi connectivity index (χ3v) is 5.21. The number of ether oxygens (including phenoxy) is 1. The third kappa shape index (κ3) is 3.24. The molecule has 1 fully saturated rings. The first-order chi connectivity index (χ1) is 14.7. The number of carboxylic acids is 1. The highest BCUT2D eigenvalue weighted by Crippen LogP contribution is 2.48. The van der Waals surface area contributed by atoms with Gasteiger partial charge in [0.1, 0.15) is 34.1 Å². The molecule has 7 nitrogen and oxygen atoms in total. The molecule has 1 N–H and O–H groups in total. The molecular weight excluding hydrogens is 417 g/mol. The van der Waals surface area contributed by atoms with Crippen molar-refractivity contribution in [3.63, 3.8) is 0 Å². The van der Waals surface area contributed by atoms with E-state index in [1.165, 1.54) is 6.92 Å². The van der Waals surface area contributed by atoms with Gasteiger partial charge in [0.25, 0.3) is 0 Å². The zero-order valence-electron chi connectivity index (χ0n) is 16.1. The van der Waals surface area contributed by atoms with Crippen LogP contribution in [-0.4, -0.2) is 33.2 Å². The number of aromatic nitrogens is 2. The van der Waals surface area contributed by atoms with Crippen LogP contribution < -0.4 is 5.43 Å². The molecule has 0 unspecified atom stereocenters. The number of hydrogen-bond donors (Lipinski definition) is 1. The maximum Gasteiger partial charge on any atom is 0.343 e. The predicted molar refractivity (Wildman–Crippen MR) is 102 cm³/mol. The molecular formula is C21H15F3N2O5. The van der Waals surface area contributed by atoms with Crippen LogP contribution in [0.25, 0.3) is 16.7 Å². The first-order valence-corrected chi connectivity index (χ1v) is 9.32. The number of carbonyl (C=O) groups excluding carboxylic acids is 1. The molecule has 0 atom stereocenters. The van der Waals surface area contributed by atoms with Gasteiger partial charge in [0, 0.05) is 12.3 Å². The zero-order chi connectivity index (χ0) is 22.5. The predicted octanol–water partition coefficient (Wildman–Crippen LogP) is 3.10. The molecule has 1 saturated carbocycles. The highest BCUT2D eigenvalue weighted by Gasteiger charge is 2.55. The van der Waals surface area contributed by atoms with E-state index >= 15 is 0 Å². The highest BCUT2D eigenvalue weighted by atomic mass is 19.1. The monoisotopic (exact) mass is 432 g/mol. The number of esters is 1. The maximum atomic E-state index is 14.8. The van der Waals surface area contributed by atoms with E-state index in [2.05, 4.69) is 4.98 Å². The van der Waals surface area contributed by atoms with Gasteiger partial charge in [-0.2, -0.15) is 0 Å². The van der Waals surface area contributed by atoms with Gasteiger partial charge in [-0.15, -0.1) is 0 Å². The Hall–Kier alpha value is -3.69. The second-order valence-corrected chi connectivity index (χ2v) is 7.14. The van der Waals surface area contributed by atoms with E-state index in [0.717, 1.165) is 29.0 Å². The number of rotatable bonds is 5. The molecule has 0 radical (unpaired) electrons. The molecule has 0 amide bonds. The van der Waals surface area contributed by atoms with Gasteiger partial charge in [0.05, 0.1) is 23.4 Å². The molecule has 1 aliphatic rings. The Balaban J connectivity index is 2.09. The van der Waals surface area contributed by atoms with Crippen molar-refractivity contribution in [2.75, 3.05) is 6.61 Å². The van der Waals surface area contributed by atoms with E-state index in [0.29, 0.717) is 6.07 Å². The van der Waals surface area contributed by atoms with Crippen LogP contribution in [0.2, 0.25) is 0 Å². The molecule has 10 heteroatoms. The number of fused-ring (bicyclic) bond motifs is 1. The average Bonchev–Trinajstić information content (AvgIpc) is 3.51. The van der Waals surface area contributed by atoms with Gasteiger partial charge < -0.3 is 9.84 Å². The fourth-order valence-corrected chi connectivity index (χ4v) is 3.45. The SMILES string of the molecule is CCOC(=O)c1cn(-c2ccc(F)cc2F)c2nc(C3(C(=O)O)CC3)c(F)cc2c1=O. The summed E-state index contributed by atoms with van der Waals surface area (Å²) in [6.07, 6.45) is 1.26. The number of carboxylic acid groups (broad SMARTS) is 1. The van der Waals surface area contributed by atoms with E-state index in [4.69, 9.17) is 4.74 Å². The Morgan fingerprint density at radius 2 is 1.90 bits per heavy atom. The fraction of sp³-hybridized carbons (Fsp3) is 0.238. The summed E-state index contributed by atoms with van der Waals surface area (Å²) in [7, 11) is 0. The highest BCUT2D eigenvalue weighted by molar-refractivity contribution is 5.94. The van der Waals surface area contributed by atoms with Gasteiger partial charge in [0.15, 0.2) is 0 Å². The van der Waals surface area contributed by atoms with E-state index < -0.39 is 51.5 Å². The topological polar surface area (TPSA) is 98.5 Å². The molecule has 4 rings (SSSR count). The van der Waals surface area contributed by atoms with Gasteiger partial charge in [-0.05, 0) is 38.0 Å². The molecule has 0 bridgehead atoms. The number of nitrogens with zero attached hydrogens (tertiary/aromatic N) is 2. The van der Waals surface area contributed by atoms with Crippen molar-refractivity contribution in [1.82, 2.24) is 9.55 Å². The Morgan fingerprint density at radius 1 is 1.19 bits per heavy atom. The Bertz CT molecular complexity index is 1310. The minimum atomic E-state index is -1.54. The van der Waals surface area contributed by atoms with Crippen molar-refractivity contribution in [3.05, 3.63) is 69.4 Å². The molecule has 1 aliphatic carbocycles. The van der Waals surface area contributed by atoms with Crippen LogP contribution in [0.3, 0.4) is 0 Å². The van der Waals surface area contributed by atoms with Gasteiger partial charge in [-0.25, -0.2) is 22.9 Å². The molecule has 3 aromatic rings. The largest absolute Gasteiger partial charge is 0.481 e.